The van der Waals surface area contributed by atoms with Crippen molar-refractivity contribution in [2.24, 2.45) is 0 Å². The Labute approximate surface area is 103 Å². The molecule has 100 valence electrons. The fraction of sp³-hybridized carbons (Fsp3) is 0.700. The molecule has 0 aromatic rings. The fourth-order valence-electron chi connectivity index (χ4n) is 1.10. The van der Waals surface area contributed by atoms with Crippen molar-refractivity contribution in [2.75, 3.05) is 20.3 Å². The molecule has 0 saturated heterocycles. The van der Waals surface area contributed by atoms with Gasteiger partial charge >= 0.3 is 10.1 Å². The summed E-state index contributed by atoms with van der Waals surface area (Å²) in [5, 5.41) is -1.23. The lowest BCUT2D eigenvalue weighted by molar-refractivity contribution is -0.110. The lowest BCUT2D eigenvalue weighted by Crippen LogP contribution is -2.23. The topological polar surface area (TPSA) is 77.9 Å². The molecule has 0 aromatic carbocycles. The highest BCUT2D eigenvalue weighted by Gasteiger charge is 2.09. The normalized spacial score (nSPS) is 14.6. The molecule has 1 aliphatic heterocycles. The van der Waals surface area contributed by atoms with Crippen LogP contribution in [-0.4, -0.2) is 48.1 Å². The van der Waals surface area contributed by atoms with E-state index in [1.54, 1.807) is 0 Å². The Morgan fingerprint density at radius 2 is 1.94 bits per heavy atom. The molecule has 0 unspecified atom stereocenters. The lowest BCUT2D eigenvalue weighted by atomic mass is 10.3. The van der Waals surface area contributed by atoms with E-state index < -0.39 is 15.2 Å². The maximum Gasteiger partial charge on any atom is 0.328 e. The van der Waals surface area contributed by atoms with E-state index in [9.17, 15) is 13.2 Å². The highest BCUT2D eigenvalue weighted by molar-refractivity contribution is 8.01. The van der Waals surface area contributed by atoms with Crippen molar-refractivity contribution in [3.63, 3.8) is 0 Å². The minimum Gasteiger partial charge on any atom is -0.362 e. The number of carbonyl (C=O) groups is 1. The minimum absolute atomic E-state index is 0.773. The van der Waals surface area contributed by atoms with Crippen LogP contribution in [0.4, 0.5) is 0 Å². The van der Waals surface area contributed by atoms with Gasteiger partial charge in [-0.25, -0.2) is 0 Å². The molecule has 1 N–H and O–H groups in total. The highest BCUT2D eigenvalue weighted by atomic mass is 32.2. The van der Waals surface area contributed by atoms with E-state index in [-0.39, 0.29) is 0 Å². The summed E-state index contributed by atoms with van der Waals surface area (Å²) in [6, 6.07) is 0. The molecule has 0 radical (unpaired) electrons. The molecule has 0 saturated carbocycles. The first kappa shape index (κ1) is 15.9. The Kier molecular flexibility index (Phi) is 6.82. The summed E-state index contributed by atoms with van der Waals surface area (Å²) in [6.07, 6.45) is 6.87. The molecule has 7 heteroatoms. The van der Waals surface area contributed by atoms with Crippen LogP contribution in [0.1, 0.15) is 26.7 Å². The second-order valence-electron chi connectivity index (χ2n) is 3.83. The molecule has 0 atom stereocenters. The third kappa shape index (κ3) is 7.76. The monoisotopic (exact) mass is 264 g/mol. The third-order valence-corrected chi connectivity index (χ3v) is 2.83. The largest absolute Gasteiger partial charge is 0.362 e. The predicted molar refractivity (Wildman–Crippen MR) is 65.6 cm³/mol. The van der Waals surface area contributed by atoms with Crippen molar-refractivity contribution >= 4 is 15.2 Å². The number of hydrogen-bond acceptors (Lipinski definition) is 5. The van der Waals surface area contributed by atoms with Crippen LogP contribution in [0.3, 0.4) is 0 Å². The van der Waals surface area contributed by atoms with Gasteiger partial charge in [0, 0.05) is 32.9 Å². The van der Waals surface area contributed by atoms with Gasteiger partial charge in [-0.05, 0) is 6.42 Å². The van der Waals surface area contributed by atoms with Crippen LogP contribution in [0, 0.1) is 0 Å². The van der Waals surface area contributed by atoms with Crippen LogP contribution in [0.5, 0.6) is 0 Å². The van der Waals surface area contributed by atoms with Gasteiger partial charge in [0.15, 0.2) is 0 Å². The van der Waals surface area contributed by atoms with E-state index in [1.807, 2.05) is 0 Å². The lowest BCUT2D eigenvalue weighted by Gasteiger charge is -2.17. The summed E-state index contributed by atoms with van der Waals surface area (Å²) in [7, 11) is -2.28. The van der Waals surface area contributed by atoms with Crippen LogP contribution in [-0.2, 0) is 14.9 Å². The summed E-state index contributed by atoms with van der Waals surface area (Å²) in [5.41, 5.74) is 0. The molecule has 0 bridgehead atoms. The number of carbonyl (C=O) groups excluding carboxylic acids is 1. The Balaban J connectivity index is 0.000000325. The van der Waals surface area contributed by atoms with E-state index in [1.165, 1.54) is 19.4 Å². The van der Waals surface area contributed by atoms with Crippen molar-refractivity contribution in [1.29, 1.82) is 0 Å². The quantitative estimate of drug-likeness (QED) is 0.763. The van der Waals surface area contributed by atoms with Gasteiger partial charge in [-0.1, -0.05) is 13.3 Å². The number of nitrogens with zero attached hydrogens (tertiary/aromatic N) is 2. The van der Waals surface area contributed by atoms with Crippen LogP contribution in [0.25, 0.3) is 0 Å². The highest BCUT2D eigenvalue weighted by Crippen LogP contribution is 2.04. The summed E-state index contributed by atoms with van der Waals surface area (Å²) in [6.45, 7) is 5.27. The van der Waals surface area contributed by atoms with Gasteiger partial charge in [0.25, 0.3) is 5.12 Å². The SMILES string of the molecule is CC(=O)S(=O)(=O)O.CCCCN1C=CN(C)C1. The smallest absolute Gasteiger partial charge is 0.328 e. The molecule has 0 aromatic heterocycles. The number of hydrogen-bond donors (Lipinski definition) is 1. The Hall–Kier alpha value is -1.08. The number of rotatable bonds is 3. The second kappa shape index (κ2) is 7.29. The summed E-state index contributed by atoms with van der Waals surface area (Å²) in [5.74, 6) is 0. The van der Waals surface area contributed by atoms with E-state index in [0.29, 0.717) is 0 Å². The van der Waals surface area contributed by atoms with Crippen molar-refractivity contribution in [1.82, 2.24) is 9.80 Å². The van der Waals surface area contributed by atoms with Crippen molar-refractivity contribution in [3.05, 3.63) is 12.4 Å². The Morgan fingerprint density at radius 1 is 1.41 bits per heavy atom. The molecule has 0 fully saturated rings. The first-order valence-corrected chi connectivity index (χ1v) is 6.82. The molecule has 0 spiro atoms. The van der Waals surface area contributed by atoms with Crippen molar-refractivity contribution < 1.29 is 17.8 Å². The van der Waals surface area contributed by atoms with Crippen LogP contribution < -0.4 is 0 Å². The average molecular weight is 264 g/mol. The molecule has 1 heterocycles. The molecule has 17 heavy (non-hydrogen) atoms. The van der Waals surface area contributed by atoms with Gasteiger partial charge in [-0.15, -0.1) is 0 Å². The summed E-state index contributed by atoms with van der Waals surface area (Å²) >= 11 is 0. The number of unbranched alkanes of at least 4 members (excludes halogenated alkanes) is 1. The zero-order valence-corrected chi connectivity index (χ0v) is 11.3. The van der Waals surface area contributed by atoms with Gasteiger partial charge in [0.2, 0.25) is 0 Å². The van der Waals surface area contributed by atoms with Gasteiger partial charge in [0.1, 0.15) is 0 Å². The van der Waals surface area contributed by atoms with E-state index in [4.69, 9.17) is 4.55 Å². The Bertz CT molecular complexity index is 365. The molecular formula is C10H20N2O4S. The zero-order chi connectivity index (χ0) is 13.5. The molecule has 0 aliphatic carbocycles. The van der Waals surface area contributed by atoms with Gasteiger partial charge in [0.05, 0.1) is 6.67 Å². The van der Waals surface area contributed by atoms with Crippen LogP contribution in [0.15, 0.2) is 12.4 Å². The Morgan fingerprint density at radius 3 is 2.24 bits per heavy atom. The minimum atomic E-state index is -4.38. The molecule has 6 nitrogen and oxygen atoms in total. The fourth-order valence-corrected chi connectivity index (χ4v) is 1.10. The molecule has 1 aliphatic rings. The standard InChI is InChI=1S/C8H16N2.C2H4O4S/c1-3-4-5-10-7-6-9(2)8-10;1-2(3)7(4,5)6/h6-7H,3-5,8H2,1-2H3;1H3,(H,4,5,6). The van der Waals surface area contributed by atoms with E-state index in [0.717, 1.165) is 13.6 Å². The first-order chi connectivity index (χ1) is 7.77. The third-order valence-electron chi connectivity index (χ3n) is 2.10. The molecule has 0 amide bonds. The van der Waals surface area contributed by atoms with Gasteiger partial charge in [-0.2, -0.15) is 8.42 Å². The van der Waals surface area contributed by atoms with E-state index in [2.05, 4.69) is 36.2 Å². The summed E-state index contributed by atoms with van der Waals surface area (Å²) < 4.78 is 26.8. The van der Waals surface area contributed by atoms with Crippen molar-refractivity contribution in [3.8, 4) is 0 Å². The van der Waals surface area contributed by atoms with Crippen LogP contribution in [0.2, 0.25) is 0 Å². The average Bonchev–Trinajstić information content (AvgIpc) is 2.60. The predicted octanol–water partition coefficient (Wildman–Crippen LogP) is 0.883. The van der Waals surface area contributed by atoms with Gasteiger partial charge < -0.3 is 9.80 Å². The maximum atomic E-state index is 9.63. The summed E-state index contributed by atoms with van der Waals surface area (Å²) in [4.78, 5) is 14.2. The first-order valence-electron chi connectivity index (χ1n) is 5.38. The van der Waals surface area contributed by atoms with Gasteiger partial charge in [-0.3, -0.25) is 9.35 Å². The zero-order valence-electron chi connectivity index (χ0n) is 10.5. The van der Waals surface area contributed by atoms with Crippen molar-refractivity contribution in [2.45, 2.75) is 26.7 Å². The van der Waals surface area contributed by atoms with E-state index >= 15 is 0 Å². The maximum absolute atomic E-state index is 9.63. The van der Waals surface area contributed by atoms with Crippen LogP contribution >= 0.6 is 0 Å². The molecule has 1 rings (SSSR count). The second-order valence-corrected chi connectivity index (χ2v) is 5.35. The molecular weight excluding hydrogens is 244 g/mol.